The summed E-state index contributed by atoms with van der Waals surface area (Å²) in [5.41, 5.74) is 9.18. The van der Waals surface area contributed by atoms with Gasteiger partial charge in [-0.1, -0.05) is 30.3 Å². The van der Waals surface area contributed by atoms with Crippen molar-refractivity contribution in [3.05, 3.63) is 76.3 Å². The summed E-state index contributed by atoms with van der Waals surface area (Å²) in [6.07, 6.45) is 2.41. The average molecular weight is 489 g/mol. The number of rotatable bonds is 5. The molecule has 1 aliphatic heterocycles. The molecular formula is C27H25FN4O2S. The summed E-state index contributed by atoms with van der Waals surface area (Å²) in [5, 5.41) is 1.60. The van der Waals surface area contributed by atoms with Crippen molar-refractivity contribution in [1.29, 1.82) is 0 Å². The molecule has 2 amide bonds. The molecule has 3 heterocycles. The van der Waals surface area contributed by atoms with Gasteiger partial charge >= 0.3 is 0 Å². The van der Waals surface area contributed by atoms with Crippen LogP contribution in [0.15, 0.2) is 48.5 Å². The monoisotopic (exact) mass is 488 g/mol. The van der Waals surface area contributed by atoms with Gasteiger partial charge in [0.05, 0.1) is 15.4 Å². The van der Waals surface area contributed by atoms with Gasteiger partial charge in [0.25, 0.3) is 11.8 Å². The number of amides is 2. The molecule has 4 aromatic rings. The second-order valence-corrected chi connectivity index (χ2v) is 10.8. The van der Waals surface area contributed by atoms with Crippen LogP contribution in [-0.4, -0.2) is 38.3 Å². The van der Waals surface area contributed by atoms with E-state index in [1.807, 2.05) is 53.8 Å². The molecule has 2 aromatic carbocycles. The number of carbonyl (C=O) groups excluding carboxylic acids is 2. The molecule has 8 heteroatoms. The maximum atomic E-state index is 13.9. The Kier molecular flexibility index (Phi) is 5.03. The predicted octanol–water partition coefficient (Wildman–Crippen LogP) is 4.69. The van der Waals surface area contributed by atoms with Crippen LogP contribution < -0.4 is 5.73 Å². The standard InChI is InChI=1S/C27H25FN4O2S/c1-14-30-24(25(35-14)15-6-5-7-17(28)10-15)27(34)32-18(11-16-12-21(16)32)13-22-23(26(29)33)19-8-3-4-9-20(19)31(22)2/h3-10,16,18,21H,11-13H2,1-2H3,(H2,29,33)/t16-,18+,21+/m1/s1. The summed E-state index contributed by atoms with van der Waals surface area (Å²) in [6, 6.07) is 14.1. The minimum Gasteiger partial charge on any atom is -0.366 e. The first kappa shape index (κ1) is 22.0. The van der Waals surface area contributed by atoms with Gasteiger partial charge in [0, 0.05) is 42.1 Å². The molecular weight excluding hydrogens is 463 g/mol. The number of thiazole rings is 1. The maximum absolute atomic E-state index is 13.9. The molecule has 6 nitrogen and oxygen atoms in total. The van der Waals surface area contributed by atoms with E-state index in [9.17, 15) is 14.0 Å². The van der Waals surface area contributed by atoms with Gasteiger partial charge < -0.3 is 15.2 Å². The molecule has 3 atom stereocenters. The van der Waals surface area contributed by atoms with E-state index in [1.54, 1.807) is 6.07 Å². The fourth-order valence-electron chi connectivity index (χ4n) is 5.76. The second kappa shape index (κ2) is 8.02. The van der Waals surface area contributed by atoms with Crippen molar-refractivity contribution >= 4 is 34.1 Å². The lowest BCUT2D eigenvalue weighted by Gasteiger charge is -2.28. The zero-order chi connectivity index (χ0) is 24.4. The summed E-state index contributed by atoms with van der Waals surface area (Å²) in [6.45, 7) is 1.86. The van der Waals surface area contributed by atoms with Crippen LogP contribution in [0, 0.1) is 18.7 Å². The van der Waals surface area contributed by atoms with Crippen LogP contribution >= 0.6 is 11.3 Å². The topological polar surface area (TPSA) is 81.2 Å². The lowest BCUT2D eigenvalue weighted by Crippen LogP contribution is -2.40. The van der Waals surface area contributed by atoms with E-state index < -0.39 is 5.91 Å². The molecule has 0 spiro atoms. The Bertz CT molecular complexity index is 1510. The third-order valence-corrected chi connectivity index (χ3v) is 8.39. The zero-order valence-corrected chi connectivity index (χ0v) is 20.3. The molecule has 2 aliphatic rings. The number of piperidine rings is 1. The van der Waals surface area contributed by atoms with E-state index in [-0.39, 0.29) is 23.8 Å². The lowest BCUT2D eigenvalue weighted by molar-refractivity contribution is 0.0694. The number of hydrogen-bond acceptors (Lipinski definition) is 4. The molecule has 1 saturated carbocycles. The van der Waals surface area contributed by atoms with Crippen molar-refractivity contribution < 1.29 is 14.0 Å². The smallest absolute Gasteiger partial charge is 0.274 e. The van der Waals surface area contributed by atoms with Crippen LogP contribution in [0.5, 0.6) is 0 Å². The lowest BCUT2D eigenvalue weighted by atomic mass is 10.0. The Morgan fingerprint density at radius 2 is 1.97 bits per heavy atom. The van der Waals surface area contributed by atoms with Crippen LogP contribution in [0.25, 0.3) is 21.3 Å². The number of aryl methyl sites for hydroxylation is 2. The normalized spacial score (nSPS) is 20.9. The highest BCUT2D eigenvalue weighted by Gasteiger charge is 2.54. The molecule has 6 rings (SSSR count). The van der Waals surface area contributed by atoms with Gasteiger partial charge in [-0.3, -0.25) is 9.59 Å². The van der Waals surface area contributed by atoms with Gasteiger partial charge in [0.15, 0.2) is 0 Å². The number of likely N-dealkylation sites (tertiary alicyclic amines) is 1. The highest BCUT2D eigenvalue weighted by Crippen LogP contribution is 2.50. The Morgan fingerprint density at radius 1 is 1.17 bits per heavy atom. The van der Waals surface area contributed by atoms with Gasteiger partial charge in [0.1, 0.15) is 11.5 Å². The summed E-state index contributed by atoms with van der Waals surface area (Å²) in [7, 11) is 1.94. The van der Waals surface area contributed by atoms with Crippen LogP contribution in [0.2, 0.25) is 0 Å². The number of nitrogens with two attached hydrogens (primary N) is 1. The van der Waals surface area contributed by atoms with E-state index >= 15 is 0 Å². The first-order valence-corrected chi connectivity index (χ1v) is 12.6. The zero-order valence-electron chi connectivity index (χ0n) is 19.5. The number of benzene rings is 2. The number of hydrogen-bond donors (Lipinski definition) is 1. The summed E-state index contributed by atoms with van der Waals surface area (Å²) in [4.78, 5) is 33.6. The molecule has 0 radical (unpaired) electrons. The van der Waals surface area contributed by atoms with E-state index in [0.29, 0.717) is 34.0 Å². The largest absolute Gasteiger partial charge is 0.366 e. The average Bonchev–Trinajstić information content (AvgIpc) is 3.18. The van der Waals surface area contributed by atoms with Crippen molar-refractivity contribution in [2.75, 3.05) is 0 Å². The molecule has 35 heavy (non-hydrogen) atoms. The first-order chi connectivity index (χ1) is 16.8. The third kappa shape index (κ3) is 3.55. The third-order valence-electron chi connectivity index (χ3n) is 7.37. The van der Waals surface area contributed by atoms with Gasteiger partial charge in [-0.05, 0) is 49.4 Å². The van der Waals surface area contributed by atoms with E-state index in [2.05, 4.69) is 4.98 Å². The van der Waals surface area contributed by atoms with Crippen molar-refractivity contribution in [3.8, 4) is 10.4 Å². The Balaban J connectivity index is 1.38. The van der Waals surface area contributed by atoms with Gasteiger partial charge in [-0.25, -0.2) is 9.37 Å². The minimum atomic E-state index is -0.457. The highest BCUT2D eigenvalue weighted by molar-refractivity contribution is 7.15. The number of fused-ring (bicyclic) bond motifs is 2. The van der Waals surface area contributed by atoms with Crippen LogP contribution in [-0.2, 0) is 13.5 Å². The van der Waals surface area contributed by atoms with Crippen molar-refractivity contribution in [3.63, 3.8) is 0 Å². The van der Waals surface area contributed by atoms with Crippen molar-refractivity contribution in [2.24, 2.45) is 18.7 Å². The Labute approximate surface area is 206 Å². The number of aromatic nitrogens is 2. The second-order valence-electron chi connectivity index (χ2n) is 9.55. The molecule has 2 aromatic heterocycles. The maximum Gasteiger partial charge on any atom is 0.274 e. The summed E-state index contributed by atoms with van der Waals surface area (Å²) >= 11 is 1.40. The van der Waals surface area contributed by atoms with Gasteiger partial charge in [-0.15, -0.1) is 11.3 Å². The van der Waals surface area contributed by atoms with Crippen molar-refractivity contribution in [1.82, 2.24) is 14.5 Å². The van der Waals surface area contributed by atoms with E-state index in [4.69, 9.17) is 5.73 Å². The SMILES string of the molecule is Cc1nc(C(=O)N2[C@H](Cc3c(C(N)=O)c4ccccc4n3C)C[C@@H]3C[C@@H]32)c(-c2cccc(F)c2)s1. The highest BCUT2D eigenvalue weighted by atomic mass is 32.1. The number of halogens is 1. The fourth-order valence-corrected chi connectivity index (χ4v) is 6.67. The Hall–Kier alpha value is -3.52. The quantitative estimate of drug-likeness (QED) is 0.442. The first-order valence-electron chi connectivity index (χ1n) is 11.8. The Morgan fingerprint density at radius 3 is 2.74 bits per heavy atom. The predicted molar refractivity (Wildman–Crippen MR) is 134 cm³/mol. The molecule has 1 aliphatic carbocycles. The number of nitrogens with zero attached hydrogens (tertiary/aromatic N) is 3. The fraction of sp³-hybridized carbons (Fsp3) is 0.296. The number of primary amides is 1. The molecule has 0 bridgehead atoms. The molecule has 178 valence electrons. The summed E-state index contributed by atoms with van der Waals surface area (Å²) < 4.78 is 16.0. The van der Waals surface area contributed by atoms with Crippen molar-refractivity contribution in [2.45, 2.75) is 38.3 Å². The van der Waals surface area contributed by atoms with Crippen LogP contribution in [0.3, 0.4) is 0 Å². The number of para-hydroxylation sites is 1. The molecule has 2 fully saturated rings. The van der Waals surface area contributed by atoms with Gasteiger partial charge in [-0.2, -0.15) is 0 Å². The minimum absolute atomic E-state index is 0.0604. The van der Waals surface area contributed by atoms with Crippen LogP contribution in [0.4, 0.5) is 4.39 Å². The summed E-state index contributed by atoms with van der Waals surface area (Å²) in [5.74, 6) is -0.458. The molecule has 1 saturated heterocycles. The number of carbonyl (C=O) groups is 2. The van der Waals surface area contributed by atoms with Crippen LogP contribution in [0.1, 0.15) is 44.4 Å². The van der Waals surface area contributed by atoms with Gasteiger partial charge in [0.2, 0.25) is 0 Å². The van der Waals surface area contributed by atoms with E-state index in [1.165, 1.54) is 23.5 Å². The molecule has 2 N–H and O–H groups in total. The van der Waals surface area contributed by atoms with E-state index in [0.717, 1.165) is 34.4 Å². The molecule has 0 unspecified atom stereocenters.